The van der Waals surface area contributed by atoms with Gasteiger partial charge in [-0.25, -0.2) is 23.7 Å². The summed E-state index contributed by atoms with van der Waals surface area (Å²) in [6, 6.07) is 17.2. The molecule has 3 aliphatic rings. The Morgan fingerprint density at radius 2 is 0.913 bits per heavy atom. The minimum Gasteiger partial charge on any atom is -0.394 e. The van der Waals surface area contributed by atoms with Gasteiger partial charge >= 0.3 is 0 Å². The molecule has 6 heterocycles. The zero-order valence-electron chi connectivity index (χ0n) is 46.1. The average Bonchev–Trinajstić information content (AvgIpc) is 1.75. The fourth-order valence-electron chi connectivity index (χ4n) is 10.8. The molecule has 0 spiro atoms. The number of H-pyrrole nitrogens is 3. The number of fused-ring (bicyclic) bond motifs is 9. The van der Waals surface area contributed by atoms with Crippen molar-refractivity contribution < 1.29 is 23.2 Å². The Kier molecular flexibility index (Phi) is 20.5. The summed E-state index contributed by atoms with van der Waals surface area (Å²) >= 11 is 4.42. The van der Waals surface area contributed by atoms with Gasteiger partial charge in [0.2, 0.25) is 17.5 Å². The third-order valence-electron chi connectivity index (χ3n) is 15.2. The maximum absolute atomic E-state index is 14.1. The van der Waals surface area contributed by atoms with Crippen LogP contribution in [0.4, 0.5) is 42.9 Å². The van der Waals surface area contributed by atoms with E-state index in [4.69, 9.17) is 11.5 Å². The van der Waals surface area contributed by atoms with Gasteiger partial charge in [0.25, 0.3) is 56.1 Å². The number of thiophene rings is 3. The van der Waals surface area contributed by atoms with Crippen molar-refractivity contribution in [1.82, 2.24) is 45.9 Å². The zero-order valence-corrected chi connectivity index (χ0v) is 48.6. The van der Waals surface area contributed by atoms with Crippen LogP contribution in [0.15, 0.2) is 100 Å². The Morgan fingerprint density at radius 3 is 1.37 bits per heavy atom. The van der Waals surface area contributed by atoms with E-state index in [1.165, 1.54) is 68.0 Å². The number of amides is 3. The van der Waals surface area contributed by atoms with Gasteiger partial charge < -0.3 is 53.0 Å². The predicted molar refractivity (Wildman–Crippen MR) is 359 cm³/mol. The third-order valence-corrected chi connectivity index (χ3v) is 18.8. The quantitative estimate of drug-likeness (QED) is 0.0462. The number of nitrogen functional groups attached to an aromatic ring is 2. The highest BCUT2D eigenvalue weighted by Crippen LogP contribution is 2.37. The largest absolute Gasteiger partial charge is 0.394 e. The summed E-state index contributed by atoms with van der Waals surface area (Å²) in [5.74, 6) is -2.55. The highest BCUT2D eigenvalue weighted by molar-refractivity contribution is 7.19. The SMILES string of the molecule is C.C.C.C.Nc1c(Nc2cc(CNC(=O)c3nc4sc5c(c4c(=O)[nH]3)CCC5)ccc2F)c(=O)c1=O.Nc1c(Nc2cccc(CNC(=O)c3nc4sc5c(c4c(=O)[nH]3)CCC5)c2)c(=O)c1=O.O=C(NCCc1cccc(F)c1)c1nc2sc3c(c2c(=O)[nH]1)CCC3. The summed E-state index contributed by atoms with van der Waals surface area (Å²) in [6.07, 6.45) is 9.09. The maximum Gasteiger partial charge on any atom is 0.287 e. The Bertz CT molecular complexity index is 5050. The van der Waals surface area contributed by atoms with Gasteiger partial charge in [-0.2, -0.15) is 0 Å². The molecule has 11 aromatic rings. The number of hydrogen-bond donors (Lipinski definition) is 10. The molecule has 92 heavy (non-hydrogen) atoms. The molecule has 14 rings (SSSR count). The molecule has 0 saturated carbocycles. The van der Waals surface area contributed by atoms with Gasteiger partial charge in [-0.1, -0.05) is 60.0 Å². The number of nitrogens with zero attached hydrogens (tertiary/aromatic N) is 3. The number of benzene rings is 3. The first kappa shape index (κ1) is 67.7. The van der Waals surface area contributed by atoms with Crippen LogP contribution in [0.2, 0.25) is 0 Å². The summed E-state index contributed by atoms with van der Waals surface area (Å²) < 4.78 is 27.3. The molecule has 3 aliphatic carbocycles. The normalized spacial score (nSPS) is 12.4. The molecule has 0 aliphatic heterocycles. The van der Waals surface area contributed by atoms with E-state index in [1.54, 1.807) is 36.4 Å². The van der Waals surface area contributed by atoms with Gasteiger partial charge in [-0.3, -0.25) is 47.9 Å². The topological polar surface area (TPSA) is 369 Å². The number of carbonyl (C=O) groups excluding carboxylic acids is 3. The summed E-state index contributed by atoms with van der Waals surface area (Å²) in [4.78, 5) is 146. The number of rotatable bonds is 14. The van der Waals surface area contributed by atoms with Crippen molar-refractivity contribution >= 4 is 117 Å². The zero-order chi connectivity index (χ0) is 61.7. The number of halogens is 2. The minimum atomic E-state index is -0.814. The van der Waals surface area contributed by atoms with E-state index in [-0.39, 0.29) is 111 Å². The Balaban J connectivity index is 0.000000175. The number of nitrogens with one attached hydrogen (secondary N) is 8. The van der Waals surface area contributed by atoms with Gasteiger partial charge in [0, 0.05) is 40.0 Å². The number of aryl methyl sites for hydroxylation is 6. The number of aromatic amines is 3. The second-order valence-electron chi connectivity index (χ2n) is 21.0. The lowest BCUT2D eigenvalue weighted by Gasteiger charge is -2.12. The van der Waals surface area contributed by atoms with Crippen molar-refractivity contribution in [2.24, 2.45) is 0 Å². The third kappa shape index (κ3) is 13.3. The van der Waals surface area contributed by atoms with Crippen molar-refractivity contribution in [3.8, 4) is 0 Å². The van der Waals surface area contributed by atoms with Crippen LogP contribution in [0.3, 0.4) is 0 Å². The second kappa shape index (κ2) is 27.9. The van der Waals surface area contributed by atoms with Crippen molar-refractivity contribution in [2.45, 2.75) is 107 Å². The molecule has 0 saturated heterocycles. The average molecular weight is 1310 g/mol. The molecule has 478 valence electrons. The molecular formula is C64H65F2N13O10S3. The fraction of sp³-hybridized carbons (Fsp3) is 0.266. The summed E-state index contributed by atoms with van der Waals surface area (Å²) in [5.41, 5.74) is 12.5. The van der Waals surface area contributed by atoms with Crippen LogP contribution in [-0.2, 0) is 58.0 Å². The van der Waals surface area contributed by atoms with E-state index in [9.17, 15) is 56.7 Å². The lowest BCUT2D eigenvalue weighted by molar-refractivity contribution is 0.0933. The Morgan fingerprint density at radius 1 is 0.489 bits per heavy atom. The first-order chi connectivity index (χ1) is 42.4. The highest BCUT2D eigenvalue weighted by atomic mass is 32.1. The lowest BCUT2D eigenvalue weighted by Crippen LogP contribution is -2.36. The lowest BCUT2D eigenvalue weighted by atomic mass is 10.1. The maximum atomic E-state index is 14.1. The van der Waals surface area contributed by atoms with Crippen LogP contribution in [0, 0.1) is 11.6 Å². The van der Waals surface area contributed by atoms with Crippen molar-refractivity contribution in [3.63, 3.8) is 0 Å². The molecule has 0 atom stereocenters. The number of nitrogens with two attached hydrogens (primary N) is 2. The number of anilines is 6. The van der Waals surface area contributed by atoms with E-state index < -0.39 is 45.3 Å². The molecule has 0 bridgehead atoms. The molecular weight excluding hydrogens is 1240 g/mol. The molecule has 23 nitrogen and oxygen atoms in total. The van der Waals surface area contributed by atoms with Crippen LogP contribution >= 0.6 is 34.0 Å². The smallest absolute Gasteiger partial charge is 0.287 e. The Labute approximate surface area is 534 Å². The molecule has 3 amide bonds. The van der Waals surface area contributed by atoms with Gasteiger partial charge in [-0.05, 0) is 134 Å². The molecule has 5 aromatic carbocycles. The molecule has 0 radical (unpaired) electrons. The highest BCUT2D eigenvalue weighted by Gasteiger charge is 2.27. The van der Waals surface area contributed by atoms with Crippen LogP contribution in [0.1, 0.15) is 129 Å². The summed E-state index contributed by atoms with van der Waals surface area (Å²) in [6.45, 7) is 0.529. The van der Waals surface area contributed by atoms with Crippen LogP contribution < -0.4 is 76.4 Å². The van der Waals surface area contributed by atoms with Crippen LogP contribution in [0.25, 0.3) is 30.6 Å². The fourth-order valence-corrected chi connectivity index (χ4v) is 14.6. The van der Waals surface area contributed by atoms with Crippen molar-refractivity contribution in [1.29, 1.82) is 0 Å². The van der Waals surface area contributed by atoms with Crippen molar-refractivity contribution in [2.75, 3.05) is 28.6 Å². The van der Waals surface area contributed by atoms with Gasteiger partial charge in [0.1, 0.15) is 48.9 Å². The van der Waals surface area contributed by atoms with E-state index in [2.05, 4.69) is 56.5 Å². The predicted octanol–water partition coefficient (Wildman–Crippen LogP) is 7.92. The molecule has 0 unspecified atom stereocenters. The van der Waals surface area contributed by atoms with Gasteiger partial charge in [0.15, 0.2) is 0 Å². The molecule has 12 N–H and O–H groups in total. The van der Waals surface area contributed by atoms with E-state index >= 15 is 0 Å². The van der Waals surface area contributed by atoms with Gasteiger partial charge in [-0.15, -0.1) is 34.0 Å². The number of carbonyl (C=O) groups is 3. The molecule has 0 fully saturated rings. The first-order valence-electron chi connectivity index (χ1n) is 27.7. The van der Waals surface area contributed by atoms with Crippen LogP contribution in [-0.4, -0.2) is 54.2 Å². The van der Waals surface area contributed by atoms with E-state index in [0.29, 0.717) is 54.9 Å². The van der Waals surface area contributed by atoms with Gasteiger partial charge in [0.05, 0.1) is 21.8 Å². The second-order valence-corrected chi connectivity index (χ2v) is 24.3. The summed E-state index contributed by atoms with van der Waals surface area (Å²) in [7, 11) is 0. The first-order valence-corrected chi connectivity index (χ1v) is 30.1. The monoisotopic (exact) mass is 1310 g/mol. The van der Waals surface area contributed by atoms with E-state index in [0.717, 1.165) is 96.5 Å². The summed E-state index contributed by atoms with van der Waals surface area (Å²) in [5, 5.41) is 15.2. The minimum absolute atomic E-state index is 0. The Hall–Kier alpha value is -10.2. The number of aromatic nitrogens is 6. The van der Waals surface area contributed by atoms with Crippen molar-refractivity contribution in [3.05, 3.63) is 216 Å². The molecule has 28 heteroatoms. The standard InChI is InChI=1S/C21H16FN5O4S.C21H17N5O4S.C18H16FN3O2S.4CH4/c22-10-5-4-8(6-11(10)25-15-14(23)16(28)17(15)29)7-24-20(31)18-26-19(30)13-9-2-1-3-12(9)32-21(13)27-18;22-14-15(17(28)16(14)27)24-10-4-1-3-9(7-10)8-23-20(30)18-25-19(29)13-11-5-2-6-12(11)31-21(13)26-18;19-11-4-1-3-10(9-11)7-8-20-17(24)15-21-16(23)14-12-5-2-6-13(12)25-18(14)22-15;;;;/h4-6,25H,1-3,7,23H2,(H,24,31)(H,26,27,30);1,3-4,7,24H,2,5-6,8,22H2,(H,23,30)(H,25,26,29);1,3-4,9H,2,5-8H2,(H,20,24)(H,21,22,23);4*1H4. The van der Waals surface area contributed by atoms with Crippen LogP contribution in [0.5, 0.6) is 0 Å². The molecule has 6 aromatic heterocycles. The number of hydrogen-bond acceptors (Lipinski definition) is 20. The van der Waals surface area contributed by atoms with E-state index in [1.807, 2.05) is 0 Å².